The highest BCUT2D eigenvalue weighted by Gasteiger charge is 2.31. The van der Waals surface area contributed by atoms with Crippen molar-refractivity contribution < 1.29 is 4.63 Å². The second-order valence-corrected chi connectivity index (χ2v) is 3.76. The van der Waals surface area contributed by atoms with Gasteiger partial charge in [0.05, 0.1) is 0 Å². The summed E-state index contributed by atoms with van der Waals surface area (Å²) in [7, 11) is 0. The summed E-state index contributed by atoms with van der Waals surface area (Å²) in [6.45, 7) is 1.98. The lowest BCUT2D eigenvalue weighted by atomic mass is 10.2. The lowest BCUT2D eigenvalue weighted by Gasteiger charge is -1.97. The third kappa shape index (κ3) is 1.27. The van der Waals surface area contributed by atoms with Crippen LogP contribution in [0, 0.1) is 0 Å². The quantitative estimate of drug-likeness (QED) is 0.689. The number of hydrogen-bond donors (Lipinski definition) is 1. The fourth-order valence-electron chi connectivity index (χ4n) is 1.13. The molecule has 0 radical (unpaired) electrons. The van der Waals surface area contributed by atoms with Gasteiger partial charge in [-0.05, 0) is 19.8 Å². The van der Waals surface area contributed by atoms with Gasteiger partial charge in [0.15, 0.2) is 0 Å². The van der Waals surface area contributed by atoms with Gasteiger partial charge in [0.1, 0.15) is 11.4 Å². The molecule has 1 unspecified atom stereocenters. The number of aromatic nitrogens is 2. The van der Waals surface area contributed by atoms with Gasteiger partial charge in [-0.25, -0.2) is 4.63 Å². The maximum Gasteiger partial charge on any atom is 0.121 e. The van der Waals surface area contributed by atoms with Crippen LogP contribution < -0.4 is 0 Å². The van der Waals surface area contributed by atoms with Gasteiger partial charge in [0, 0.05) is 11.2 Å². The normalized spacial score (nSPS) is 20.2. The van der Waals surface area contributed by atoms with E-state index >= 15 is 0 Å². The van der Waals surface area contributed by atoms with Crippen molar-refractivity contribution in [2.24, 2.45) is 0 Å². The third-order valence-corrected chi connectivity index (χ3v) is 2.15. The van der Waals surface area contributed by atoms with Gasteiger partial charge in [0.2, 0.25) is 0 Å². The summed E-state index contributed by atoms with van der Waals surface area (Å²) in [5, 5.41) is 7.81. The van der Waals surface area contributed by atoms with E-state index in [0.717, 1.165) is 11.4 Å². The molecule has 60 valence electrons. The zero-order valence-electron chi connectivity index (χ0n) is 6.32. The minimum Gasteiger partial charge on any atom is -0.244 e. The van der Waals surface area contributed by atoms with Gasteiger partial charge >= 0.3 is 0 Å². The van der Waals surface area contributed by atoms with Crippen molar-refractivity contribution >= 4 is 12.6 Å². The van der Waals surface area contributed by atoms with Gasteiger partial charge in [-0.1, -0.05) is 10.3 Å². The Bertz CT molecular complexity index is 238. The lowest BCUT2D eigenvalue weighted by Crippen LogP contribution is -1.91. The predicted molar refractivity (Wildman–Crippen MR) is 43.7 cm³/mol. The van der Waals surface area contributed by atoms with E-state index in [-0.39, 0.29) is 5.25 Å². The maximum atomic E-state index is 4.66. The maximum absolute atomic E-state index is 4.66. The Morgan fingerprint density at radius 3 is 2.82 bits per heavy atom. The van der Waals surface area contributed by atoms with Crippen LogP contribution in [0.3, 0.4) is 0 Å². The highest BCUT2D eigenvalue weighted by Crippen LogP contribution is 2.42. The number of nitrogens with zero attached hydrogens (tertiary/aromatic N) is 2. The van der Waals surface area contributed by atoms with Crippen molar-refractivity contribution in [1.82, 2.24) is 10.3 Å². The second-order valence-electron chi connectivity index (χ2n) is 2.98. The van der Waals surface area contributed by atoms with E-state index in [4.69, 9.17) is 0 Å². The highest BCUT2D eigenvalue weighted by atomic mass is 32.1. The number of rotatable bonds is 2. The molecular weight excluding hydrogens is 160 g/mol. The van der Waals surface area contributed by atoms with Crippen LogP contribution >= 0.6 is 12.6 Å². The van der Waals surface area contributed by atoms with Crippen molar-refractivity contribution in [2.45, 2.75) is 30.9 Å². The molecule has 0 saturated heterocycles. The smallest absolute Gasteiger partial charge is 0.121 e. The first kappa shape index (κ1) is 7.16. The molecule has 3 nitrogen and oxygen atoms in total. The predicted octanol–water partition coefficient (Wildman–Crippen LogP) is 1.94. The van der Waals surface area contributed by atoms with Crippen LogP contribution in [0.25, 0.3) is 0 Å². The van der Waals surface area contributed by atoms with Gasteiger partial charge in [-0.2, -0.15) is 12.6 Å². The fourth-order valence-corrected chi connectivity index (χ4v) is 1.31. The van der Waals surface area contributed by atoms with E-state index in [0.29, 0.717) is 5.92 Å². The van der Waals surface area contributed by atoms with Gasteiger partial charge in [-0.3, -0.25) is 0 Å². The SMILES string of the molecule is CC(S)c1nonc1C1CC1. The van der Waals surface area contributed by atoms with Crippen LogP contribution in [0.15, 0.2) is 4.63 Å². The second kappa shape index (κ2) is 2.52. The van der Waals surface area contributed by atoms with E-state index in [9.17, 15) is 0 Å². The first-order chi connectivity index (χ1) is 5.29. The molecule has 1 aliphatic carbocycles. The molecule has 0 aliphatic heterocycles. The number of hydrogen-bond acceptors (Lipinski definition) is 4. The summed E-state index contributed by atoms with van der Waals surface area (Å²) in [5.74, 6) is 0.603. The lowest BCUT2D eigenvalue weighted by molar-refractivity contribution is 0.300. The first-order valence-electron chi connectivity index (χ1n) is 3.79. The minimum atomic E-state index is 0.136. The minimum absolute atomic E-state index is 0.136. The molecule has 1 saturated carbocycles. The summed E-state index contributed by atoms with van der Waals surface area (Å²) in [6.07, 6.45) is 2.45. The van der Waals surface area contributed by atoms with Crippen molar-refractivity contribution in [3.63, 3.8) is 0 Å². The van der Waals surface area contributed by atoms with Crippen molar-refractivity contribution in [3.8, 4) is 0 Å². The van der Waals surface area contributed by atoms with Crippen LogP contribution in [0.5, 0.6) is 0 Å². The zero-order valence-corrected chi connectivity index (χ0v) is 7.21. The van der Waals surface area contributed by atoms with Crippen LogP contribution in [0.4, 0.5) is 0 Å². The first-order valence-corrected chi connectivity index (χ1v) is 4.31. The molecule has 0 aromatic carbocycles. The summed E-state index contributed by atoms with van der Waals surface area (Å²) < 4.78 is 4.66. The third-order valence-electron chi connectivity index (χ3n) is 1.90. The molecule has 1 heterocycles. The molecule has 0 spiro atoms. The molecule has 1 aromatic rings. The monoisotopic (exact) mass is 170 g/mol. The Morgan fingerprint density at radius 1 is 1.55 bits per heavy atom. The molecule has 1 atom stereocenters. The van der Waals surface area contributed by atoms with Gasteiger partial charge in [0.25, 0.3) is 0 Å². The molecule has 1 fully saturated rings. The molecule has 1 aromatic heterocycles. The van der Waals surface area contributed by atoms with E-state index in [1.54, 1.807) is 0 Å². The van der Waals surface area contributed by atoms with Crippen molar-refractivity contribution in [1.29, 1.82) is 0 Å². The van der Waals surface area contributed by atoms with Crippen LogP contribution in [-0.4, -0.2) is 10.3 Å². The molecule has 0 bridgehead atoms. The zero-order chi connectivity index (χ0) is 7.84. The molecular formula is C7H10N2OS. The molecule has 0 N–H and O–H groups in total. The Morgan fingerprint density at radius 2 is 2.27 bits per heavy atom. The Kier molecular flexibility index (Phi) is 1.64. The van der Waals surface area contributed by atoms with Crippen LogP contribution in [0.1, 0.15) is 42.3 Å². The molecule has 4 heteroatoms. The summed E-state index contributed by atoms with van der Waals surface area (Å²) in [4.78, 5) is 0. The van der Waals surface area contributed by atoms with Gasteiger partial charge in [-0.15, -0.1) is 0 Å². The number of thiol groups is 1. The summed E-state index contributed by atoms with van der Waals surface area (Å²) >= 11 is 4.28. The van der Waals surface area contributed by atoms with E-state index in [1.165, 1.54) is 12.8 Å². The van der Waals surface area contributed by atoms with E-state index < -0.39 is 0 Å². The Balaban J connectivity index is 2.30. The summed E-state index contributed by atoms with van der Waals surface area (Å²) in [6, 6.07) is 0. The Hall–Kier alpha value is -0.510. The molecule has 0 amide bonds. The van der Waals surface area contributed by atoms with Crippen LogP contribution in [0.2, 0.25) is 0 Å². The van der Waals surface area contributed by atoms with Crippen molar-refractivity contribution in [3.05, 3.63) is 11.4 Å². The average Bonchev–Trinajstić information content (AvgIpc) is 2.68. The highest BCUT2D eigenvalue weighted by molar-refractivity contribution is 7.80. The van der Waals surface area contributed by atoms with Crippen LogP contribution in [-0.2, 0) is 0 Å². The van der Waals surface area contributed by atoms with Gasteiger partial charge < -0.3 is 0 Å². The standard InChI is InChI=1S/C7H10N2OS/c1-4(11)6-7(5-2-3-5)9-10-8-6/h4-5,11H,2-3H2,1H3. The van der Waals surface area contributed by atoms with E-state index in [1.807, 2.05) is 6.92 Å². The fraction of sp³-hybridized carbons (Fsp3) is 0.714. The molecule has 1 aliphatic rings. The largest absolute Gasteiger partial charge is 0.244 e. The van der Waals surface area contributed by atoms with E-state index in [2.05, 4.69) is 27.6 Å². The topological polar surface area (TPSA) is 38.9 Å². The summed E-state index contributed by atoms with van der Waals surface area (Å²) in [5.41, 5.74) is 1.93. The molecule has 2 rings (SSSR count). The Labute approximate surface area is 70.5 Å². The van der Waals surface area contributed by atoms with Crippen molar-refractivity contribution in [2.75, 3.05) is 0 Å². The molecule has 11 heavy (non-hydrogen) atoms. The average molecular weight is 170 g/mol.